The first kappa shape index (κ1) is 25.7. The summed E-state index contributed by atoms with van der Waals surface area (Å²) in [5.41, 5.74) is 7.46. The number of amides is 4. The van der Waals surface area contributed by atoms with E-state index in [2.05, 4.69) is 22.3 Å². The van der Waals surface area contributed by atoms with Crippen LogP contribution in [0.1, 0.15) is 56.7 Å². The van der Waals surface area contributed by atoms with Crippen LogP contribution in [0.15, 0.2) is 24.4 Å². The van der Waals surface area contributed by atoms with Crippen LogP contribution in [-0.2, 0) is 23.1 Å². The Labute approximate surface area is 212 Å². The number of nitrogens with zero attached hydrogens (tertiary/aromatic N) is 5. The second-order valence-electron chi connectivity index (χ2n) is 10.1. The average molecular weight is 496 g/mol. The number of pyridine rings is 1. The number of nitrogens with two attached hydrogens (primary N) is 1. The zero-order valence-electron chi connectivity index (χ0n) is 21.6. The Hall–Kier alpha value is -3.43. The van der Waals surface area contributed by atoms with Crippen LogP contribution < -0.4 is 16.0 Å². The maximum atomic E-state index is 13.7. The lowest BCUT2D eigenvalue weighted by Gasteiger charge is -2.46. The van der Waals surface area contributed by atoms with Crippen LogP contribution in [-0.4, -0.2) is 56.6 Å². The fourth-order valence-corrected chi connectivity index (χ4v) is 5.72. The number of urea groups is 1. The van der Waals surface area contributed by atoms with Crippen molar-refractivity contribution in [2.24, 2.45) is 18.9 Å². The number of aromatic nitrogens is 3. The summed E-state index contributed by atoms with van der Waals surface area (Å²) in [6, 6.07) is 3.87. The number of likely N-dealkylation sites (N-methyl/N-ethyl adjacent to an activating group) is 1. The molecule has 1 aliphatic heterocycles. The second-order valence-corrected chi connectivity index (χ2v) is 10.1. The highest BCUT2D eigenvalue weighted by molar-refractivity contribution is 6.12. The van der Waals surface area contributed by atoms with Gasteiger partial charge in [0.25, 0.3) is 5.91 Å². The molecule has 4 amide bonds. The summed E-state index contributed by atoms with van der Waals surface area (Å²) >= 11 is 0. The molecule has 0 aromatic carbocycles. The minimum Gasteiger partial charge on any atom is -0.384 e. The van der Waals surface area contributed by atoms with E-state index < -0.39 is 18.0 Å². The Balaban J connectivity index is 1.58. The number of nitrogen functional groups attached to an aromatic ring is 1. The van der Waals surface area contributed by atoms with Gasteiger partial charge in [-0.2, -0.15) is 5.10 Å². The molecule has 194 valence electrons. The van der Waals surface area contributed by atoms with Crippen LogP contribution in [0, 0.1) is 18.8 Å². The maximum Gasteiger partial charge on any atom is 0.325 e. The predicted molar refractivity (Wildman–Crippen MR) is 137 cm³/mol. The Bertz CT molecular complexity index is 1100. The molecule has 0 radical (unpaired) electrons. The van der Waals surface area contributed by atoms with E-state index in [0.29, 0.717) is 24.0 Å². The lowest BCUT2D eigenvalue weighted by atomic mass is 9.81. The summed E-state index contributed by atoms with van der Waals surface area (Å²) < 4.78 is 1.58. The van der Waals surface area contributed by atoms with Crippen LogP contribution in [0.2, 0.25) is 0 Å². The van der Waals surface area contributed by atoms with Crippen molar-refractivity contribution in [2.45, 2.75) is 70.9 Å². The third kappa shape index (κ3) is 5.08. The van der Waals surface area contributed by atoms with Gasteiger partial charge >= 0.3 is 6.03 Å². The Morgan fingerprint density at radius 2 is 1.97 bits per heavy atom. The summed E-state index contributed by atoms with van der Waals surface area (Å²) in [6.45, 7) is 3.88. The highest BCUT2D eigenvalue weighted by atomic mass is 16.2. The normalized spacial score (nSPS) is 21.1. The molecule has 3 atom stereocenters. The molecule has 1 unspecified atom stereocenters. The van der Waals surface area contributed by atoms with E-state index in [0.717, 1.165) is 48.3 Å². The molecule has 0 bridgehead atoms. The van der Waals surface area contributed by atoms with Crippen molar-refractivity contribution in [3.8, 4) is 0 Å². The molecule has 36 heavy (non-hydrogen) atoms. The molecule has 3 N–H and O–H groups in total. The number of carbonyl (C=O) groups excluding carboxylic acids is 3. The molecular formula is C26H37N7O3. The van der Waals surface area contributed by atoms with E-state index in [1.807, 2.05) is 13.0 Å². The molecule has 0 spiro atoms. The average Bonchev–Trinajstić information content (AvgIpc) is 3.28. The number of hydrogen-bond donors (Lipinski definition) is 2. The first-order valence-corrected chi connectivity index (χ1v) is 12.8. The number of aryl methyl sites for hydroxylation is 2. The summed E-state index contributed by atoms with van der Waals surface area (Å²) in [5, 5.41) is 7.23. The van der Waals surface area contributed by atoms with Gasteiger partial charge in [0.1, 0.15) is 17.7 Å². The van der Waals surface area contributed by atoms with Crippen molar-refractivity contribution in [2.75, 3.05) is 17.7 Å². The zero-order chi connectivity index (χ0) is 26.0. The Morgan fingerprint density at radius 1 is 1.25 bits per heavy atom. The molecule has 2 aromatic rings. The van der Waals surface area contributed by atoms with Gasteiger partial charge in [0.15, 0.2) is 0 Å². The Morgan fingerprint density at radius 3 is 2.58 bits per heavy atom. The molecule has 2 aliphatic rings. The maximum absolute atomic E-state index is 13.7. The topological polar surface area (TPSA) is 126 Å². The van der Waals surface area contributed by atoms with Gasteiger partial charge in [-0.1, -0.05) is 26.2 Å². The number of rotatable bonds is 7. The van der Waals surface area contributed by atoms with E-state index in [4.69, 9.17) is 5.73 Å². The highest BCUT2D eigenvalue weighted by Gasteiger charge is 2.55. The van der Waals surface area contributed by atoms with Gasteiger partial charge in [-0.3, -0.25) is 24.1 Å². The largest absolute Gasteiger partial charge is 0.384 e. The Kier molecular flexibility index (Phi) is 7.61. The van der Waals surface area contributed by atoms with Crippen molar-refractivity contribution in [3.63, 3.8) is 0 Å². The van der Waals surface area contributed by atoms with Gasteiger partial charge in [-0.05, 0) is 56.2 Å². The molecule has 1 saturated carbocycles. The highest BCUT2D eigenvalue weighted by Crippen LogP contribution is 2.34. The van der Waals surface area contributed by atoms with E-state index in [-0.39, 0.29) is 17.9 Å². The number of imide groups is 1. The first-order chi connectivity index (χ1) is 17.2. The van der Waals surface area contributed by atoms with Crippen molar-refractivity contribution in [1.29, 1.82) is 0 Å². The van der Waals surface area contributed by atoms with Crippen LogP contribution in [0.4, 0.5) is 16.4 Å². The van der Waals surface area contributed by atoms with E-state index >= 15 is 0 Å². The summed E-state index contributed by atoms with van der Waals surface area (Å²) in [5.74, 6) is -0.0157. The molecule has 3 heterocycles. The number of β-lactam (4-membered cyclic amide) rings is 1. The minimum absolute atomic E-state index is 0.0159. The number of carbonyl (C=O) groups is 3. The van der Waals surface area contributed by atoms with Crippen LogP contribution in [0.5, 0.6) is 0 Å². The van der Waals surface area contributed by atoms with Gasteiger partial charge in [0.2, 0.25) is 5.91 Å². The van der Waals surface area contributed by atoms with Crippen LogP contribution >= 0.6 is 0 Å². The lowest BCUT2D eigenvalue weighted by Crippen LogP contribution is -2.71. The van der Waals surface area contributed by atoms with Crippen LogP contribution in [0.25, 0.3) is 0 Å². The van der Waals surface area contributed by atoms with E-state index in [9.17, 15) is 14.4 Å². The summed E-state index contributed by atoms with van der Waals surface area (Å²) in [4.78, 5) is 47.2. The van der Waals surface area contributed by atoms with Crippen molar-refractivity contribution in [1.82, 2.24) is 25.0 Å². The van der Waals surface area contributed by atoms with E-state index in [1.54, 1.807) is 37.1 Å². The monoisotopic (exact) mass is 495 g/mol. The predicted octanol–water partition coefficient (Wildman–Crippen LogP) is 2.81. The first-order valence-electron chi connectivity index (χ1n) is 12.8. The molecule has 10 heteroatoms. The smallest absolute Gasteiger partial charge is 0.325 e. The molecule has 2 aromatic heterocycles. The van der Waals surface area contributed by atoms with Crippen molar-refractivity contribution >= 4 is 29.5 Å². The van der Waals surface area contributed by atoms with Gasteiger partial charge in [-0.25, -0.2) is 9.78 Å². The van der Waals surface area contributed by atoms with Crippen molar-refractivity contribution in [3.05, 3.63) is 35.7 Å². The molecule has 1 saturated heterocycles. The number of nitrogens with one attached hydrogen (secondary N) is 1. The second kappa shape index (κ2) is 10.7. The number of likely N-dealkylation sites (tertiary alicyclic amines) is 1. The SMILES string of the molecule is CCC(NC(=O)N1C(=O)[C@H](Cc2cc(C)nc(N)c2)[C@H]1C(=O)N(C)c1ccnn1C)C1CCCCC1. The van der Waals surface area contributed by atoms with Crippen molar-refractivity contribution < 1.29 is 14.4 Å². The van der Waals surface area contributed by atoms with E-state index in [1.165, 1.54) is 11.3 Å². The van der Waals surface area contributed by atoms with Gasteiger partial charge in [0.05, 0.1) is 12.1 Å². The molecule has 4 rings (SSSR count). The fraction of sp³-hybridized carbons (Fsp3) is 0.577. The van der Waals surface area contributed by atoms with Gasteiger partial charge < -0.3 is 11.1 Å². The minimum atomic E-state index is -0.920. The standard InChI is InChI=1S/C26H37N7O3/c1-5-20(18-9-7-6-8-10-18)30-26(36)33-23(25(35)31(3)22-11-12-28-32(22)4)19(24(33)34)14-17-13-16(2)29-21(27)15-17/h11-13,15,18-20,23H,5-10,14H2,1-4H3,(H2,27,29)(H,30,36)/t19-,20?,23+/m1/s1. The number of hydrogen-bond acceptors (Lipinski definition) is 6. The molecule has 2 fully saturated rings. The molecule has 1 aliphatic carbocycles. The number of anilines is 2. The molecular weight excluding hydrogens is 458 g/mol. The third-order valence-corrected chi connectivity index (χ3v) is 7.61. The summed E-state index contributed by atoms with van der Waals surface area (Å²) in [6.07, 6.45) is 8.37. The summed E-state index contributed by atoms with van der Waals surface area (Å²) in [7, 11) is 3.38. The molecule has 10 nitrogen and oxygen atoms in total. The van der Waals surface area contributed by atoms with Gasteiger partial charge in [0, 0.05) is 31.9 Å². The quantitative estimate of drug-likeness (QED) is 0.569. The fourth-order valence-electron chi connectivity index (χ4n) is 5.72. The lowest BCUT2D eigenvalue weighted by molar-refractivity contribution is -0.156. The zero-order valence-corrected chi connectivity index (χ0v) is 21.6. The third-order valence-electron chi connectivity index (χ3n) is 7.61. The van der Waals surface area contributed by atoms with Crippen LogP contribution in [0.3, 0.4) is 0 Å². The van der Waals surface area contributed by atoms with Gasteiger partial charge in [-0.15, -0.1) is 0 Å².